The minimum atomic E-state index is -0.638. The molecule has 0 aliphatic rings. The lowest BCUT2D eigenvalue weighted by atomic mass is 9.97. The number of nitrogens with zero attached hydrogens (tertiary/aromatic N) is 1. The van der Waals surface area contributed by atoms with E-state index in [0.29, 0.717) is 6.42 Å². The monoisotopic (exact) mass is 292 g/mol. The number of esters is 1. The molecule has 0 heterocycles. The third-order valence-corrected chi connectivity index (χ3v) is 3.83. The Bertz CT molecular complexity index is 462. The lowest BCUT2D eigenvalue weighted by molar-refractivity contribution is -0.148. The zero-order chi connectivity index (χ0) is 15.9. The van der Waals surface area contributed by atoms with E-state index in [1.165, 1.54) is 18.4 Å². The number of carbonyl (C=O) groups is 1. The molecular formula is C17H28N2O2. The van der Waals surface area contributed by atoms with Gasteiger partial charge in [-0.1, -0.05) is 19.1 Å². The summed E-state index contributed by atoms with van der Waals surface area (Å²) in [5.41, 5.74) is 1.80. The molecule has 4 nitrogen and oxygen atoms in total. The van der Waals surface area contributed by atoms with E-state index in [2.05, 4.69) is 48.3 Å². The molecule has 1 aromatic rings. The first-order valence-corrected chi connectivity index (χ1v) is 7.62. The van der Waals surface area contributed by atoms with Crippen LogP contribution < -0.4 is 10.2 Å². The SMILES string of the molecule is CCNC(C)(CCN(CC)c1cccc(C)c1)C(=O)OC. The second kappa shape index (κ2) is 8.03. The number of benzene rings is 1. The maximum atomic E-state index is 12.0. The quantitative estimate of drug-likeness (QED) is 0.748. The van der Waals surface area contributed by atoms with Gasteiger partial charge < -0.3 is 15.0 Å². The maximum absolute atomic E-state index is 12.0. The first-order chi connectivity index (χ1) is 9.96. The van der Waals surface area contributed by atoms with Gasteiger partial charge in [-0.25, -0.2) is 0 Å². The fourth-order valence-corrected chi connectivity index (χ4v) is 2.53. The molecule has 0 aromatic heterocycles. The molecule has 0 aliphatic heterocycles. The number of hydrogen-bond donors (Lipinski definition) is 1. The van der Waals surface area contributed by atoms with Gasteiger partial charge in [0.05, 0.1) is 7.11 Å². The summed E-state index contributed by atoms with van der Waals surface area (Å²) in [5.74, 6) is -0.204. The van der Waals surface area contributed by atoms with Gasteiger partial charge in [-0.15, -0.1) is 0 Å². The molecule has 0 bridgehead atoms. The molecule has 4 heteroatoms. The van der Waals surface area contributed by atoms with Crippen LogP contribution >= 0.6 is 0 Å². The Balaban J connectivity index is 2.79. The topological polar surface area (TPSA) is 41.6 Å². The number of nitrogens with one attached hydrogen (secondary N) is 1. The zero-order valence-corrected chi connectivity index (χ0v) is 13.9. The van der Waals surface area contributed by atoms with Gasteiger partial charge in [0, 0.05) is 18.8 Å². The molecule has 0 saturated carbocycles. The molecule has 0 fully saturated rings. The smallest absolute Gasteiger partial charge is 0.325 e. The van der Waals surface area contributed by atoms with Gasteiger partial charge >= 0.3 is 5.97 Å². The Kier molecular flexibility index (Phi) is 6.69. The Morgan fingerprint density at radius 2 is 2.10 bits per heavy atom. The van der Waals surface area contributed by atoms with E-state index in [9.17, 15) is 4.79 Å². The summed E-state index contributed by atoms with van der Waals surface area (Å²) >= 11 is 0. The van der Waals surface area contributed by atoms with Crippen molar-refractivity contribution >= 4 is 11.7 Å². The zero-order valence-electron chi connectivity index (χ0n) is 13.9. The summed E-state index contributed by atoms with van der Waals surface area (Å²) in [6.45, 7) is 10.6. The van der Waals surface area contributed by atoms with Gasteiger partial charge in [-0.3, -0.25) is 4.79 Å². The largest absolute Gasteiger partial charge is 0.468 e. The highest BCUT2D eigenvalue weighted by Gasteiger charge is 2.33. The fourth-order valence-electron chi connectivity index (χ4n) is 2.53. The van der Waals surface area contributed by atoms with Gasteiger partial charge in [-0.05, 0) is 51.4 Å². The van der Waals surface area contributed by atoms with Crippen molar-refractivity contribution in [1.29, 1.82) is 0 Å². The molecule has 0 amide bonds. The third-order valence-electron chi connectivity index (χ3n) is 3.83. The van der Waals surface area contributed by atoms with Crippen molar-refractivity contribution in [3.05, 3.63) is 29.8 Å². The van der Waals surface area contributed by atoms with Crippen LogP contribution in [0.25, 0.3) is 0 Å². The summed E-state index contributed by atoms with van der Waals surface area (Å²) < 4.78 is 4.94. The first kappa shape index (κ1) is 17.5. The lowest BCUT2D eigenvalue weighted by Gasteiger charge is -2.31. The molecule has 1 unspecified atom stereocenters. The number of aryl methyl sites for hydroxylation is 1. The van der Waals surface area contributed by atoms with E-state index in [0.717, 1.165) is 19.6 Å². The molecule has 118 valence electrons. The van der Waals surface area contributed by atoms with E-state index < -0.39 is 5.54 Å². The second-order valence-electron chi connectivity index (χ2n) is 5.52. The predicted octanol–water partition coefficient (Wildman–Crippen LogP) is 2.75. The van der Waals surface area contributed by atoms with Crippen LogP contribution in [0.15, 0.2) is 24.3 Å². The van der Waals surface area contributed by atoms with Crippen molar-refractivity contribution in [2.45, 2.75) is 39.7 Å². The maximum Gasteiger partial charge on any atom is 0.325 e. The Labute approximate surface area is 128 Å². The average Bonchev–Trinajstić information content (AvgIpc) is 2.47. The van der Waals surface area contributed by atoms with E-state index in [1.807, 2.05) is 13.8 Å². The van der Waals surface area contributed by atoms with E-state index in [1.54, 1.807) is 0 Å². The molecule has 1 N–H and O–H groups in total. The minimum Gasteiger partial charge on any atom is -0.468 e. The number of hydrogen-bond acceptors (Lipinski definition) is 4. The van der Waals surface area contributed by atoms with Crippen LogP contribution in [0.3, 0.4) is 0 Å². The van der Waals surface area contributed by atoms with Crippen molar-refractivity contribution in [2.24, 2.45) is 0 Å². The molecule has 0 aliphatic carbocycles. The highest BCUT2D eigenvalue weighted by atomic mass is 16.5. The van der Waals surface area contributed by atoms with E-state index >= 15 is 0 Å². The molecular weight excluding hydrogens is 264 g/mol. The van der Waals surface area contributed by atoms with Gasteiger partial charge in [0.25, 0.3) is 0 Å². The number of rotatable bonds is 8. The summed E-state index contributed by atoms with van der Waals surface area (Å²) in [4.78, 5) is 14.3. The molecule has 0 spiro atoms. The highest BCUT2D eigenvalue weighted by molar-refractivity contribution is 5.80. The van der Waals surface area contributed by atoms with Crippen LogP contribution in [0.1, 0.15) is 32.8 Å². The summed E-state index contributed by atoms with van der Waals surface area (Å²) in [6.07, 6.45) is 0.704. The van der Waals surface area contributed by atoms with Crippen molar-refractivity contribution in [3.63, 3.8) is 0 Å². The number of methoxy groups -OCH3 is 1. The average molecular weight is 292 g/mol. The van der Waals surface area contributed by atoms with Crippen molar-refractivity contribution in [1.82, 2.24) is 5.32 Å². The summed E-state index contributed by atoms with van der Waals surface area (Å²) in [7, 11) is 1.44. The normalized spacial score (nSPS) is 13.6. The predicted molar refractivity (Wildman–Crippen MR) is 87.8 cm³/mol. The van der Waals surface area contributed by atoms with E-state index in [4.69, 9.17) is 4.74 Å². The van der Waals surface area contributed by atoms with Crippen LogP contribution in [-0.4, -0.2) is 38.3 Å². The summed E-state index contributed by atoms with van der Waals surface area (Å²) in [5, 5.41) is 3.25. The van der Waals surface area contributed by atoms with Crippen molar-refractivity contribution < 1.29 is 9.53 Å². The van der Waals surface area contributed by atoms with Gasteiger partial charge in [0.15, 0.2) is 0 Å². The minimum absolute atomic E-state index is 0.204. The Morgan fingerprint density at radius 1 is 1.38 bits per heavy atom. The molecule has 21 heavy (non-hydrogen) atoms. The molecule has 1 aromatic carbocycles. The second-order valence-corrected chi connectivity index (χ2v) is 5.52. The molecule has 0 saturated heterocycles. The van der Waals surface area contributed by atoms with Crippen LogP contribution in [0.4, 0.5) is 5.69 Å². The van der Waals surface area contributed by atoms with Crippen molar-refractivity contribution in [3.8, 4) is 0 Å². The number of likely N-dealkylation sites (N-methyl/N-ethyl adjacent to an activating group) is 1. The number of carbonyl (C=O) groups excluding carboxylic acids is 1. The Hall–Kier alpha value is -1.55. The van der Waals surface area contributed by atoms with Gasteiger partial charge in [-0.2, -0.15) is 0 Å². The standard InChI is InChI=1S/C17H28N2O2/c1-6-18-17(4,16(20)21-5)11-12-19(7-2)15-10-8-9-14(3)13-15/h8-10,13,18H,6-7,11-12H2,1-5H3. The van der Waals surface area contributed by atoms with Crippen LogP contribution in [0, 0.1) is 6.92 Å². The summed E-state index contributed by atoms with van der Waals surface area (Å²) in [6, 6.07) is 8.44. The third kappa shape index (κ3) is 4.74. The van der Waals surface area contributed by atoms with Crippen LogP contribution in [-0.2, 0) is 9.53 Å². The van der Waals surface area contributed by atoms with Gasteiger partial charge in [0.2, 0.25) is 0 Å². The van der Waals surface area contributed by atoms with Crippen LogP contribution in [0.5, 0.6) is 0 Å². The molecule has 0 radical (unpaired) electrons. The van der Waals surface area contributed by atoms with Gasteiger partial charge in [0.1, 0.15) is 5.54 Å². The molecule has 1 atom stereocenters. The van der Waals surface area contributed by atoms with Crippen molar-refractivity contribution in [2.75, 3.05) is 31.6 Å². The Morgan fingerprint density at radius 3 is 2.62 bits per heavy atom. The highest BCUT2D eigenvalue weighted by Crippen LogP contribution is 2.19. The molecule has 1 rings (SSSR count). The fraction of sp³-hybridized carbons (Fsp3) is 0.588. The van der Waals surface area contributed by atoms with E-state index in [-0.39, 0.29) is 5.97 Å². The van der Waals surface area contributed by atoms with Crippen LogP contribution in [0.2, 0.25) is 0 Å². The first-order valence-electron chi connectivity index (χ1n) is 7.62. The number of anilines is 1. The lowest BCUT2D eigenvalue weighted by Crippen LogP contribution is -2.52. The number of ether oxygens (including phenoxy) is 1.